The van der Waals surface area contributed by atoms with E-state index >= 15 is 0 Å². The average Bonchev–Trinajstić information content (AvgIpc) is 2.69. The third-order valence-corrected chi connectivity index (χ3v) is 2.19. The van der Waals surface area contributed by atoms with Crippen molar-refractivity contribution >= 4 is 0 Å². The van der Waals surface area contributed by atoms with Gasteiger partial charge in [-0.15, -0.1) is 10.2 Å². The van der Waals surface area contributed by atoms with E-state index in [9.17, 15) is 0 Å². The first-order chi connectivity index (χ1) is 6.37. The highest BCUT2D eigenvalue weighted by atomic mass is 15.6. The average molecular weight is 174 g/mol. The molecule has 0 bridgehead atoms. The lowest BCUT2D eigenvalue weighted by atomic mass is 9.99. The molecule has 1 aromatic carbocycles. The van der Waals surface area contributed by atoms with E-state index in [0.29, 0.717) is 0 Å². The van der Waals surface area contributed by atoms with Crippen LogP contribution in [0.4, 0.5) is 0 Å². The Morgan fingerprint density at radius 3 is 2.23 bits per heavy atom. The minimum Gasteiger partial charge on any atom is -0.130 e. The summed E-state index contributed by atoms with van der Waals surface area (Å²) in [7, 11) is 0. The second-order valence-electron chi connectivity index (χ2n) is 2.92. The van der Waals surface area contributed by atoms with Crippen LogP contribution in [0.25, 0.3) is 0 Å². The molecular weight excluding hydrogens is 164 g/mol. The van der Waals surface area contributed by atoms with Crippen molar-refractivity contribution in [1.29, 1.82) is 0 Å². The Morgan fingerprint density at radius 1 is 1.08 bits per heavy atom. The van der Waals surface area contributed by atoms with Gasteiger partial charge >= 0.3 is 0 Å². The molecule has 0 atom stereocenters. The first kappa shape index (κ1) is 8.04. The van der Waals surface area contributed by atoms with Crippen LogP contribution in [0.2, 0.25) is 0 Å². The van der Waals surface area contributed by atoms with Crippen molar-refractivity contribution in [3.8, 4) is 0 Å². The van der Waals surface area contributed by atoms with Crippen LogP contribution < -0.4 is 0 Å². The van der Waals surface area contributed by atoms with Crippen LogP contribution >= 0.6 is 0 Å². The fourth-order valence-electron chi connectivity index (χ4n) is 1.37. The van der Waals surface area contributed by atoms with E-state index in [0.717, 1.165) is 12.0 Å². The lowest BCUT2D eigenvalue weighted by Gasteiger charge is -2.17. The molecule has 0 amide bonds. The molecular formula is C9H10N4. The summed E-state index contributed by atoms with van der Waals surface area (Å²) in [6.07, 6.45) is 0.782. The van der Waals surface area contributed by atoms with Crippen LogP contribution in [-0.2, 0) is 5.66 Å². The predicted molar refractivity (Wildman–Crippen MR) is 48.1 cm³/mol. The van der Waals surface area contributed by atoms with Crippen molar-refractivity contribution in [3.63, 3.8) is 0 Å². The lowest BCUT2D eigenvalue weighted by molar-refractivity contribution is 0.447. The van der Waals surface area contributed by atoms with Gasteiger partial charge in [0.1, 0.15) is 0 Å². The second kappa shape index (κ2) is 3.05. The van der Waals surface area contributed by atoms with Gasteiger partial charge in [0.2, 0.25) is 5.66 Å². The largest absolute Gasteiger partial charge is 0.219 e. The number of benzene rings is 1. The molecule has 2 rings (SSSR count). The molecule has 0 radical (unpaired) electrons. The normalized spacial score (nSPS) is 17.9. The van der Waals surface area contributed by atoms with Gasteiger partial charge in [0, 0.05) is 5.56 Å². The van der Waals surface area contributed by atoms with Crippen LogP contribution in [0, 0.1) is 0 Å². The van der Waals surface area contributed by atoms with Crippen molar-refractivity contribution < 1.29 is 0 Å². The van der Waals surface area contributed by atoms with Crippen molar-refractivity contribution in [1.82, 2.24) is 0 Å². The van der Waals surface area contributed by atoms with E-state index < -0.39 is 5.66 Å². The van der Waals surface area contributed by atoms with Crippen molar-refractivity contribution in [2.24, 2.45) is 20.7 Å². The zero-order valence-corrected chi connectivity index (χ0v) is 7.38. The summed E-state index contributed by atoms with van der Waals surface area (Å²) in [5, 5.41) is 15.2. The molecule has 66 valence electrons. The summed E-state index contributed by atoms with van der Waals surface area (Å²) in [6, 6.07) is 9.89. The summed E-state index contributed by atoms with van der Waals surface area (Å²) in [5.41, 5.74) is 0.490. The van der Waals surface area contributed by atoms with Crippen LogP contribution in [0.3, 0.4) is 0 Å². The first-order valence-electron chi connectivity index (χ1n) is 4.27. The summed E-state index contributed by atoms with van der Waals surface area (Å²) in [4.78, 5) is 0. The van der Waals surface area contributed by atoms with Gasteiger partial charge in [-0.1, -0.05) is 37.3 Å². The second-order valence-corrected chi connectivity index (χ2v) is 2.92. The Bertz CT molecular complexity index is 330. The smallest absolute Gasteiger partial charge is 0.130 e. The number of rotatable bonds is 2. The highest BCUT2D eigenvalue weighted by Crippen LogP contribution is 2.34. The maximum Gasteiger partial charge on any atom is 0.219 e. The lowest BCUT2D eigenvalue weighted by Crippen LogP contribution is -2.16. The van der Waals surface area contributed by atoms with Gasteiger partial charge < -0.3 is 0 Å². The van der Waals surface area contributed by atoms with Gasteiger partial charge in [0.25, 0.3) is 0 Å². The maximum absolute atomic E-state index is 4.05. The molecule has 1 aliphatic rings. The SMILES string of the molecule is CCC1(c2ccccc2)N=NN=N1. The molecule has 0 spiro atoms. The number of hydrogen-bond donors (Lipinski definition) is 0. The molecule has 4 nitrogen and oxygen atoms in total. The molecule has 0 fully saturated rings. The van der Waals surface area contributed by atoms with Gasteiger partial charge in [0.05, 0.1) is 0 Å². The summed E-state index contributed by atoms with van der Waals surface area (Å²) >= 11 is 0. The Labute approximate surface area is 76.4 Å². The third kappa shape index (κ3) is 1.24. The van der Waals surface area contributed by atoms with Crippen LogP contribution in [-0.4, -0.2) is 0 Å². The summed E-state index contributed by atoms with van der Waals surface area (Å²) in [5.74, 6) is 0. The van der Waals surface area contributed by atoms with Crippen molar-refractivity contribution in [2.45, 2.75) is 19.0 Å². The van der Waals surface area contributed by atoms with E-state index in [1.807, 2.05) is 37.3 Å². The Morgan fingerprint density at radius 2 is 1.69 bits per heavy atom. The van der Waals surface area contributed by atoms with Gasteiger partial charge in [-0.2, -0.15) is 0 Å². The quantitative estimate of drug-likeness (QED) is 0.661. The molecule has 13 heavy (non-hydrogen) atoms. The Balaban J connectivity index is 2.44. The topological polar surface area (TPSA) is 49.4 Å². The number of nitrogens with zero attached hydrogens (tertiary/aromatic N) is 4. The molecule has 0 aromatic heterocycles. The van der Waals surface area contributed by atoms with E-state index in [4.69, 9.17) is 0 Å². The monoisotopic (exact) mass is 174 g/mol. The van der Waals surface area contributed by atoms with E-state index in [-0.39, 0.29) is 0 Å². The summed E-state index contributed by atoms with van der Waals surface area (Å²) < 4.78 is 0. The minimum atomic E-state index is -0.554. The standard InChI is InChI=1S/C9H10N4/c1-2-9(10-12-13-11-9)8-6-4-3-5-7-8/h3-7H,2H2,1H3. The molecule has 1 aromatic rings. The van der Waals surface area contributed by atoms with Crippen molar-refractivity contribution in [3.05, 3.63) is 35.9 Å². The zero-order valence-electron chi connectivity index (χ0n) is 7.38. The highest BCUT2D eigenvalue weighted by Gasteiger charge is 2.32. The van der Waals surface area contributed by atoms with E-state index in [1.54, 1.807) is 0 Å². The molecule has 1 aliphatic heterocycles. The third-order valence-electron chi connectivity index (χ3n) is 2.19. The molecule has 4 heteroatoms. The first-order valence-corrected chi connectivity index (χ1v) is 4.27. The molecule has 0 aliphatic carbocycles. The Kier molecular flexibility index (Phi) is 1.88. The van der Waals surface area contributed by atoms with Crippen LogP contribution in [0.5, 0.6) is 0 Å². The van der Waals surface area contributed by atoms with Gasteiger partial charge in [-0.05, 0) is 16.9 Å². The van der Waals surface area contributed by atoms with Gasteiger partial charge in [0.15, 0.2) is 0 Å². The molecule has 1 heterocycles. The minimum absolute atomic E-state index is 0.554. The molecule has 0 N–H and O–H groups in total. The molecule has 0 saturated heterocycles. The predicted octanol–water partition coefficient (Wildman–Crippen LogP) is 3.08. The Hall–Kier alpha value is -1.58. The summed E-state index contributed by atoms with van der Waals surface area (Å²) in [6.45, 7) is 2.02. The van der Waals surface area contributed by atoms with Crippen LogP contribution in [0.15, 0.2) is 51.0 Å². The maximum atomic E-state index is 4.05. The highest BCUT2D eigenvalue weighted by molar-refractivity contribution is 5.23. The molecule has 0 saturated carbocycles. The zero-order chi connectivity index (χ0) is 9.15. The number of hydrogen-bond acceptors (Lipinski definition) is 4. The van der Waals surface area contributed by atoms with Gasteiger partial charge in [-0.3, -0.25) is 0 Å². The fourth-order valence-corrected chi connectivity index (χ4v) is 1.37. The van der Waals surface area contributed by atoms with Gasteiger partial charge in [-0.25, -0.2) is 0 Å². The fraction of sp³-hybridized carbons (Fsp3) is 0.333. The molecule has 0 unspecified atom stereocenters. The van der Waals surface area contributed by atoms with E-state index in [1.165, 1.54) is 0 Å². The van der Waals surface area contributed by atoms with Crippen LogP contribution in [0.1, 0.15) is 18.9 Å². The van der Waals surface area contributed by atoms with E-state index in [2.05, 4.69) is 20.7 Å². The van der Waals surface area contributed by atoms with Crippen molar-refractivity contribution in [2.75, 3.05) is 0 Å².